The number of carbonyl (C=O) groups is 1. The van der Waals surface area contributed by atoms with Gasteiger partial charge in [0.15, 0.2) is 5.65 Å². The molecule has 0 aliphatic heterocycles. The minimum absolute atomic E-state index is 0.581. The number of hydrogen-bond donors (Lipinski definition) is 1. The number of anilines is 1. The van der Waals surface area contributed by atoms with Crippen molar-refractivity contribution in [3.05, 3.63) is 30.0 Å². The monoisotopic (exact) mass is 229 g/mol. The Labute approximate surface area is 100 Å². The van der Waals surface area contributed by atoms with Crippen LogP contribution in [-0.2, 0) is 4.79 Å². The van der Waals surface area contributed by atoms with Crippen LogP contribution in [0.3, 0.4) is 0 Å². The maximum atomic E-state index is 10.2. The van der Waals surface area contributed by atoms with Crippen LogP contribution in [-0.4, -0.2) is 22.8 Å². The molecular weight excluding hydrogens is 214 g/mol. The topological polar surface area (TPSA) is 54.9 Å². The zero-order chi connectivity index (χ0) is 12.1. The molecule has 0 saturated heterocycles. The molecule has 0 bridgehead atoms. The van der Waals surface area contributed by atoms with Crippen molar-refractivity contribution in [2.24, 2.45) is 0 Å². The van der Waals surface area contributed by atoms with Crippen LogP contribution in [0, 0.1) is 6.92 Å². The SMILES string of the molecule is Cc1ccc2ccc(NCCCC=O)nc2n1. The molecule has 2 aromatic heterocycles. The van der Waals surface area contributed by atoms with Crippen molar-refractivity contribution in [1.82, 2.24) is 9.97 Å². The number of hydrogen-bond acceptors (Lipinski definition) is 4. The van der Waals surface area contributed by atoms with Gasteiger partial charge in [-0.05, 0) is 37.6 Å². The molecule has 0 fully saturated rings. The predicted octanol–water partition coefficient (Wildman–Crippen LogP) is 2.33. The minimum Gasteiger partial charge on any atom is -0.370 e. The summed E-state index contributed by atoms with van der Waals surface area (Å²) in [6.07, 6.45) is 2.34. The van der Waals surface area contributed by atoms with Crippen molar-refractivity contribution in [3.63, 3.8) is 0 Å². The molecule has 1 N–H and O–H groups in total. The van der Waals surface area contributed by atoms with E-state index in [-0.39, 0.29) is 0 Å². The Kier molecular flexibility index (Phi) is 3.65. The second-order valence-electron chi connectivity index (χ2n) is 3.93. The van der Waals surface area contributed by atoms with Crippen molar-refractivity contribution in [3.8, 4) is 0 Å². The first-order valence-electron chi connectivity index (χ1n) is 5.71. The van der Waals surface area contributed by atoms with E-state index in [1.54, 1.807) is 0 Å². The van der Waals surface area contributed by atoms with Gasteiger partial charge in [-0.15, -0.1) is 0 Å². The Balaban J connectivity index is 2.10. The van der Waals surface area contributed by atoms with Gasteiger partial charge in [0.05, 0.1) is 0 Å². The molecule has 0 aliphatic rings. The Hall–Kier alpha value is -1.97. The molecule has 2 aromatic rings. The number of carbonyl (C=O) groups excluding carboxylic acids is 1. The first kappa shape index (κ1) is 11.5. The molecule has 17 heavy (non-hydrogen) atoms. The lowest BCUT2D eigenvalue weighted by molar-refractivity contribution is -0.107. The molecule has 0 aromatic carbocycles. The maximum Gasteiger partial charge on any atom is 0.161 e. The largest absolute Gasteiger partial charge is 0.370 e. The van der Waals surface area contributed by atoms with Crippen molar-refractivity contribution in [2.75, 3.05) is 11.9 Å². The van der Waals surface area contributed by atoms with Crippen LogP contribution in [0.5, 0.6) is 0 Å². The lowest BCUT2D eigenvalue weighted by atomic mass is 10.2. The zero-order valence-corrected chi connectivity index (χ0v) is 9.81. The quantitative estimate of drug-likeness (QED) is 0.631. The van der Waals surface area contributed by atoms with Crippen LogP contribution in [0.1, 0.15) is 18.5 Å². The van der Waals surface area contributed by atoms with Gasteiger partial charge < -0.3 is 10.1 Å². The van der Waals surface area contributed by atoms with Crippen LogP contribution < -0.4 is 5.32 Å². The highest BCUT2D eigenvalue weighted by Crippen LogP contribution is 2.13. The Morgan fingerprint density at radius 1 is 1.24 bits per heavy atom. The van der Waals surface area contributed by atoms with Gasteiger partial charge in [-0.2, -0.15) is 0 Å². The number of pyridine rings is 2. The van der Waals surface area contributed by atoms with E-state index in [9.17, 15) is 4.79 Å². The van der Waals surface area contributed by atoms with Gasteiger partial charge >= 0.3 is 0 Å². The maximum absolute atomic E-state index is 10.2. The van der Waals surface area contributed by atoms with Crippen LogP contribution in [0.4, 0.5) is 5.82 Å². The smallest absolute Gasteiger partial charge is 0.161 e. The predicted molar refractivity (Wildman–Crippen MR) is 68.1 cm³/mol. The zero-order valence-electron chi connectivity index (χ0n) is 9.81. The molecule has 4 nitrogen and oxygen atoms in total. The molecule has 88 valence electrons. The lowest BCUT2D eigenvalue weighted by Gasteiger charge is -2.05. The summed E-state index contributed by atoms with van der Waals surface area (Å²) in [4.78, 5) is 19.0. The first-order valence-corrected chi connectivity index (χ1v) is 5.71. The third-order valence-electron chi connectivity index (χ3n) is 2.50. The number of rotatable bonds is 5. The van der Waals surface area contributed by atoms with E-state index < -0.39 is 0 Å². The highest BCUT2D eigenvalue weighted by molar-refractivity contribution is 5.76. The van der Waals surface area contributed by atoms with E-state index in [1.807, 2.05) is 31.2 Å². The minimum atomic E-state index is 0.581. The van der Waals surface area contributed by atoms with Crippen molar-refractivity contribution < 1.29 is 4.79 Å². The molecule has 4 heteroatoms. The van der Waals surface area contributed by atoms with E-state index in [0.29, 0.717) is 6.42 Å². The molecule has 0 atom stereocenters. The number of aryl methyl sites for hydroxylation is 1. The van der Waals surface area contributed by atoms with Gasteiger partial charge in [-0.3, -0.25) is 0 Å². The molecule has 0 spiro atoms. The van der Waals surface area contributed by atoms with Gasteiger partial charge in [-0.1, -0.05) is 0 Å². The summed E-state index contributed by atoms with van der Waals surface area (Å²) in [5, 5.41) is 4.22. The number of nitrogens with zero attached hydrogens (tertiary/aromatic N) is 2. The Morgan fingerprint density at radius 3 is 2.88 bits per heavy atom. The Morgan fingerprint density at radius 2 is 2.06 bits per heavy atom. The highest BCUT2D eigenvalue weighted by Gasteiger charge is 1.99. The third-order valence-corrected chi connectivity index (χ3v) is 2.50. The fourth-order valence-corrected chi connectivity index (χ4v) is 1.59. The highest BCUT2D eigenvalue weighted by atomic mass is 16.1. The van der Waals surface area contributed by atoms with Crippen LogP contribution in [0.25, 0.3) is 11.0 Å². The number of fused-ring (bicyclic) bond motifs is 1. The van der Waals surface area contributed by atoms with E-state index in [4.69, 9.17) is 0 Å². The number of nitrogens with one attached hydrogen (secondary N) is 1. The summed E-state index contributed by atoms with van der Waals surface area (Å²) in [5.74, 6) is 0.807. The lowest BCUT2D eigenvalue weighted by Crippen LogP contribution is -2.03. The molecule has 0 radical (unpaired) electrons. The molecule has 2 heterocycles. The van der Waals surface area contributed by atoms with Gasteiger partial charge in [0.1, 0.15) is 12.1 Å². The van der Waals surface area contributed by atoms with Gasteiger partial charge in [0.25, 0.3) is 0 Å². The van der Waals surface area contributed by atoms with Crippen LogP contribution >= 0.6 is 0 Å². The van der Waals surface area contributed by atoms with Gasteiger partial charge in [0, 0.05) is 24.0 Å². The van der Waals surface area contributed by atoms with Crippen LogP contribution in [0.15, 0.2) is 24.3 Å². The summed E-state index contributed by atoms with van der Waals surface area (Å²) in [7, 11) is 0. The van der Waals surface area contributed by atoms with Crippen molar-refractivity contribution >= 4 is 23.1 Å². The third kappa shape index (κ3) is 3.00. The molecule has 2 rings (SSSR count). The van der Waals surface area contributed by atoms with Gasteiger partial charge in [-0.25, -0.2) is 9.97 Å². The molecular formula is C13H15N3O. The Bertz CT molecular complexity index is 525. The van der Waals surface area contributed by atoms with Crippen LogP contribution in [0.2, 0.25) is 0 Å². The van der Waals surface area contributed by atoms with E-state index in [1.165, 1.54) is 0 Å². The normalized spacial score (nSPS) is 10.4. The average Bonchev–Trinajstić information content (AvgIpc) is 2.34. The van der Waals surface area contributed by atoms with Crippen molar-refractivity contribution in [2.45, 2.75) is 19.8 Å². The summed E-state index contributed by atoms with van der Waals surface area (Å²) in [5.41, 5.74) is 1.72. The van der Waals surface area contributed by atoms with Gasteiger partial charge in [0.2, 0.25) is 0 Å². The second-order valence-corrected chi connectivity index (χ2v) is 3.93. The van der Waals surface area contributed by atoms with E-state index >= 15 is 0 Å². The number of unbranched alkanes of at least 4 members (excludes halogenated alkanes) is 1. The molecule has 0 aliphatic carbocycles. The fraction of sp³-hybridized carbons (Fsp3) is 0.308. The summed E-state index contributed by atoms with van der Waals surface area (Å²) < 4.78 is 0. The fourth-order valence-electron chi connectivity index (χ4n) is 1.59. The number of aldehydes is 1. The molecule has 0 amide bonds. The molecule has 0 saturated carbocycles. The summed E-state index contributed by atoms with van der Waals surface area (Å²) in [6, 6.07) is 7.92. The second kappa shape index (κ2) is 5.39. The van der Waals surface area contributed by atoms with Crippen molar-refractivity contribution in [1.29, 1.82) is 0 Å². The standard InChI is InChI=1S/C13H15N3O/c1-10-4-5-11-6-7-12(16-13(11)15-10)14-8-2-3-9-17/h4-7,9H,2-3,8H2,1H3,(H,14,15,16). The summed E-state index contributed by atoms with van der Waals surface area (Å²) in [6.45, 7) is 2.70. The van der Waals surface area contributed by atoms with E-state index in [2.05, 4.69) is 15.3 Å². The average molecular weight is 229 g/mol. The summed E-state index contributed by atoms with van der Waals surface area (Å²) >= 11 is 0. The number of aromatic nitrogens is 2. The first-order chi connectivity index (χ1) is 8.29. The van der Waals surface area contributed by atoms with E-state index in [0.717, 1.165) is 41.8 Å². The molecule has 0 unspecified atom stereocenters.